The van der Waals surface area contributed by atoms with E-state index in [1.165, 1.54) is 11.8 Å². The number of benzene rings is 3. The molecule has 1 aliphatic rings. The Hall–Kier alpha value is -3.71. The molecule has 1 amide bonds. The second-order valence-corrected chi connectivity index (χ2v) is 9.17. The molecule has 7 heteroatoms. The van der Waals surface area contributed by atoms with Crippen molar-refractivity contribution in [1.29, 1.82) is 0 Å². The van der Waals surface area contributed by atoms with Gasteiger partial charge in [0.2, 0.25) is 0 Å². The van der Waals surface area contributed by atoms with Crippen LogP contribution in [0.15, 0.2) is 76.8 Å². The number of ether oxygens (including phenoxy) is 1. The van der Waals surface area contributed by atoms with Crippen molar-refractivity contribution in [2.24, 2.45) is 0 Å². The summed E-state index contributed by atoms with van der Waals surface area (Å²) in [7, 11) is 0. The molecule has 0 spiro atoms. The highest BCUT2D eigenvalue weighted by Crippen LogP contribution is 2.43. The van der Waals surface area contributed by atoms with E-state index in [9.17, 15) is 19.5 Å². The van der Waals surface area contributed by atoms with E-state index < -0.39 is 23.7 Å². The molecule has 1 saturated heterocycles. The van der Waals surface area contributed by atoms with E-state index in [1.54, 1.807) is 54.6 Å². The number of hydrogen-bond donors (Lipinski definition) is 1. The standard InChI is InChI=1S/C28H24BrNO5/c1-4-18-8-11-21(12-9-18)30-25(19-6-5-7-22(15-19)35-17(3)31)24(27(33)28(30)34)26(32)20-10-13-23(29)16(2)14-20/h5-15,25,32H,4H2,1-3H3/b26-24-. The maximum absolute atomic E-state index is 13.3. The highest BCUT2D eigenvalue weighted by Gasteiger charge is 2.47. The first kappa shape index (κ1) is 24.4. The number of amides is 1. The first-order valence-electron chi connectivity index (χ1n) is 11.2. The van der Waals surface area contributed by atoms with Crippen LogP contribution in [0.3, 0.4) is 0 Å². The summed E-state index contributed by atoms with van der Waals surface area (Å²) in [5.41, 5.74) is 3.40. The predicted molar refractivity (Wildman–Crippen MR) is 137 cm³/mol. The number of rotatable bonds is 5. The van der Waals surface area contributed by atoms with Gasteiger partial charge in [-0.2, -0.15) is 0 Å². The number of nitrogens with zero attached hydrogens (tertiary/aromatic N) is 1. The van der Waals surface area contributed by atoms with Crippen LogP contribution in [0.1, 0.15) is 42.1 Å². The molecule has 0 radical (unpaired) electrons. The molecule has 4 rings (SSSR count). The summed E-state index contributed by atoms with van der Waals surface area (Å²) in [5, 5.41) is 11.3. The van der Waals surface area contributed by atoms with Gasteiger partial charge < -0.3 is 9.84 Å². The Morgan fingerprint density at radius 1 is 1.06 bits per heavy atom. The molecule has 0 aliphatic carbocycles. The molecule has 1 N–H and O–H groups in total. The normalized spacial score (nSPS) is 17.0. The molecule has 1 fully saturated rings. The van der Waals surface area contributed by atoms with Gasteiger partial charge in [-0.25, -0.2) is 0 Å². The number of ketones is 1. The number of hydrogen-bond acceptors (Lipinski definition) is 5. The second kappa shape index (κ2) is 9.88. The summed E-state index contributed by atoms with van der Waals surface area (Å²) < 4.78 is 6.10. The third-order valence-electron chi connectivity index (χ3n) is 5.93. The fourth-order valence-electron chi connectivity index (χ4n) is 4.17. The van der Waals surface area contributed by atoms with Crippen molar-refractivity contribution < 1.29 is 24.2 Å². The third-order valence-corrected chi connectivity index (χ3v) is 6.82. The summed E-state index contributed by atoms with van der Waals surface area (Å²) in [6, 6.07) is 18.3. The highest BCUT2D eigenvalue weighted by molar-refractivity contribution is 9.10. The molecular formula is C28H24BrNO5. The van der Waals surface area contributed by atoms with Gasteiger partial charge in [0.1, 0.15) is 11.5 Å². The minimum atomic E-state index is -0.915. The molecule has 1 aliphatic heterocycles. The minimum Gasteiger partial charge on any atom is -0.507 e. The molecule has 3 aromatic rings. The zero-order valence-electron chi connectivity index (χ0n) is 19.5. The number of esters is 1. The molecular weight excluding hydrogens is 510 g/mol. The lowest BCUT2D eigenvalue weighted by Crippen LogP contribution is -2.29. The van der Waals surface area contributed by atoms with Crippen molar-refractivity contribution in [3.8, 4) is 5.75 Å². The quantitative estimate of drug-likeness (QED) is 0.146. The van der Waals surface area contributed by atoms with Crippen LogP contribution >= 0.6 is 15.9 Å². The molecule has 3 aromatic carbocycles. The van der Waals surface area contributed by atoms with Crippen molar-refractivity contribution in [3.63, 3.8) is 0 Å². The molecule has 178 valence electrons. The maximum atomic E-state index is 13.3. The highest BCUT2D eigenvalue weighted by atomic mass is 79.9. The summed E-state index contributed by atoms with van der Waals surface area (Å²) >= 11 is 3.44. The summed E-state index contributed by atoms with van der Waals surface area (Å²) in [6.45, 7) is 5.20. The Kier molecular flexibility index (Phi) is 6.89. The van der Waals surface area contributed by atoms with Crippen molar-refractivity contribution in [1.82, 2.24) is 0 Å². The van der Waals surface area contributed by atoms with Gasteiger partial charge in [0, 0.05) is 22.6 Å². The van der Waals surface area contributed by atoms with Gasteiger partial charge >= 0.3 is 5.97 Å². The summed E-state index contributed by atoms with van der Waals surface area (Å²) in [4.78, 5) is 39.5. The summed E-state index contributed by atoms with van der Waals surface area (Å²) in [5.74, 6) is -2.01. The van der Waals surface area contributed by atoms with Crippen molar-refractivity contribution in [2.75, 3.05) is 4.90 Å². The molecule has 1 heterocycles. The van der Waals surface area contributed by atoms with E-state index in [0.29, 0.717) is 16.8 Å². The van der Waals surface area contributed by atoms with E-state index in [-0.39, 0.29) is 17.1 Å². The van der Waals surface area contributed by atoms with E-state index in [2.05, 4.69) is 15.9 Å². The van der Waals surface area contributed by atoms with Gasteiger partial charge in [-0.1, -0.05) is 53.2 Å². The zero-order valence-corrected chi connectivity index (χ0v) is 21.1. The Bertz CT molecular complexity index is 1360. The largest absolute Gasteiger partial charge is 0.507 e. The van der Waals surface area contributed by atoms with E-state index in [1.807, 2.05) is 26.0 Å². The van der Waals surface area contributed by atoms with E-state index in [0.717, 1.165) is 22.0 Å². The van der Waals surface area contributed by atoms with Crippen LogP contribution in [0.25, 0.3) is 5.76 Å². The van der Waals surface area contributed by atoms with Crippen molar-refractivity contribution in [3.05, 3.63) is 99.0 Å². The fraction of sp³-hybridized carbons (Fsp3) is 0.179. The number of aliphatic hydroxyl groups excluding tert-OH is 1. The third kappa shape index (κ3) is 4.77. The van der Waals surface area contributed by atoms with Gasteiger partial charge in [-0.05, 0) is 66.4 Å². The van der Waals surface area contributed by atoms with Crippen molar-refractivity contribution in [2.45, 2.75) is 33.2 Å². The number of carbonyl (C=O) groups is 3. The number of halogens is 1. The molecule has 35 heavy (non-hydrogen) atoms. The molecule has 0 bridgehead atoms. The van der Waals surface area contributed by atoms with Gasteiger partial charge in [0.05, 0.1) is 11.6 Å². The number of aryl methyl sites for hydroxylation is 2. The van der Waals surface area contributed by atoms with Crippen molar-refractivity contribution >= 4 is 45.0 Å². The predicted octanol–water partition coefficient (Wildman–Crippen LogP) is 5.87. The number of anilines is 1. The van der Waals surface area contributed by atoms with Crippen LogP contribution in [0.4, 0.5) is 5.69 Å². The molecule has 1 atom stereocenters. The Balaban J connectivity index is 1.93. The molecule has 0 saturated carbocycles. The van der Waals surface area contributed by atoms with Crippen LogP contribution in [0, 0.1) is 6.92 Å². The lowest BCUT2D eigenvalue weighted by molar-refractivity contribution is -0.132. The SMILES string of the molecule is CCc1ccc(N2C(=O)C(=O)/C(=C(\O)c3ccc(Br)c(C)c3)C2c2cccc(OC(C)=O)c2)cc1. The van der Waals surface area contributed by atoms with Gasteiger partial charge in [-0.3, -0.25) is 19.3 Å². The van der Waals surface area contributed by atoms with E-state index in [4.69, 9.17) is 4.74 Å². The fourth-order valence-corrected chi connectivity index (χ4v) is 4.41. The molecule has 0 aromatic heterocycles. The average Bonchev–Trinajstić information content (AvgIpc) is 3.10. The second-order valence-electron chi connectivity index (χ2n) is 8.32. The topological polar surface area (TPSA) is 83.9 Å². The van der Waals surface area contributed by atoms with Crippen LogP contribution in [-0.4, -0.2) is 22.8 Å². The Morgan fingerprint density at radius 3 is 2.40 bits per heavy atom. The Morgan fingerprint density at radius 2 is 1.77 bits per heavy atom. The molecule has 6 nitrogen and oxygen atoms in total. The van der Waals surface area contributed by atoms with Gasteiger partial charge in [-0.15, -0.1) is 0 Å². The number of aliphatic hydroxyl groups is 1. The van der Waals surface area contributed by atoms with Crippen LogP contribution in [-0.2, 0) is 20.8 Å². The van der Waals surface area contributed by atoms with Crippen LogP contribution in [0.2, 0.25) is 0 Å². The molecule has 1 unspecified atom stereocenters. The van der Waals surface area contributed by atoms with Crippen LogP contribution < -0.4 is 9.64 Å². The van der Waals surface area contributed by atoms with Crippen LogP contribution in [0.5, 0.6) is 5.75 Å². The lowest BCUT2D eigenvalue weighted by atomic mass is 9.94. The first-order valence-corrected chi connectivity index (χ1v) is 12.0. The maximum Gasteiger partial charge on any atom is 0.308 e. The summed E-state index contributed by atoms with van der Waals surface area (Å²) in [6.07, 6.45) is 0.829. The van der Waals surface area contributed by atoms with E-state index >= 15 is 0 Å². The lowest BCUT2D eigenvalue weighted by Gasteiger charge is -2.26. The average molecular weight is 534 g/mol. The van der Waals surface area contributed by atoms with Gasteiger partial charge in [0.25, 0.3) is 11.7 Å². The zero-order chi connectivity index (χ0) is 25.3. The Labute approximate surface area is 212 Å². The monoisotopic (exact) mass is 533 g/mol. The number of carbonyl (C=O) groups excluding carboxylic acids is 3. The number of Topliss-reactive ketones (excluding diaryl/α,β-unsaturated/α-hetero) is 1. The minimum absolute atomic E-state index is 0.0312. The first-order chi connectivity index (χ1) is 16.7. The smallest absolute Gasteiger partial charge is 0.308 e. The van der Waals surface area contributed by atoms with Gasteiger partial charge in [0.15, 0.2) is 0 Å².